The predicted octanol–water partition coefficient (Wildman–Crippen LogP) is 2.46. The Morgan fingerprint density at radius 1 is 1.29 bits per heavy atom. The molecule has 3 nitrogen and oxygen atoms in total. The summed E-state index contributed by atoms with van der Waals surface area (Å²) in [5.41, 5.74) is -0.0926. The van der Waals surface area contributed by atoms with Gasteiger partial charge >= 0.3 is 0 Å². The van der Waals surface area contributed by atoms with Crippen LogP contribution in [0.2, 0.25) is 0 Å². The van der Waals surface area contributed by atoms with Crippen molar-refractivity contribution in [1.29, 1.82) is 0 Å². The quantitative estimate of drug-likeness (QED) is 0.876. The maximum atomic E-state index is 10.9. The fraction of sp³-hybridized carbons (Fsp3) is 0.357. The number of hydrogen-bond donors (Lipinski definition) is 1. The largest absolute Gasteiger partial charge is 0.377 e. The van der Waals surface area contributed by atoms with E-state index in [4.69, 9.17) is 0 Å². The average molecular weight is 230 g/mol. The summed E-state index contributed by atoms with van der Waals surface area (Å²) in [5.74, 6) is 0.700. The Balaban J connectivity index is 2.50. The molecular formula is C14H18N2O. The van der Waals surface area contributed by atoms with Crippen molar-refractivity contribution in [2.24, 2.45) is 7.05 Å². The number of hydrogen-bond acceptors (Lipinski definition) is 2. The second kappa shape index (κ2) is 4.72. The Labute approximate surface area is 102 Å². The molecule has 1 aromatic carbocycles. The van der Waals surface area contributed by atoms with Crippen molar-refractivity contribution >= 4 is 0 Å². The van der Waals surface area contributed by atoms with Crippen molar-refractivity contribution in [3.8, 4) is 0 Å². The number of benzene rings is 1. The smallest absolute Gasteiger partial charge is 0.147 e. The van der Waals surface area contributed by atoms with Gasteiger partial charge in [0.2, 0.25) is 0 Å². The van der Waals surface area contributed by atoms with Crippen molar-refractivity contribution in [3.63, 3.8) is 0 Å². The molecule has 0 amide bonds. The number of aromatic nitrogens is 2. The van der Waals surface area contributed by atoms with Gasteiger partial charge in [0.05, 0.1) is 0 Å². The molecule has 0 radical (unpaired) electrons. The Morgan fingerprint density at radius 2 is 2.00 bits per heavy atom. The van der Waals surface area contributed by atoms with E-state index in [0.717, 1.165) is 12.0 Å². The van der Waals surface area contributed by atoms with Crippen molar-refractivity contribution in [3.05, 3.63) is 54.1 Å². The third kappa shape index (κ3) is 2.11. The normalized spacial score (nSPS) is 14.5. The summed E-state index contributed by atoms with van der Waals surface area (Å²) in [7, 11) is 1.91. The molecule has 0 saturated carbocycles. The molecule has 2 rings (SSSR count). The number of nitrogens with zero attached hydrogens (tertiary/aromatic N) is 2. The van der Waals surface area contributed by atoms with Crippen molar-refractivity contribution in [2.45, 2.75) is 25.4 Å². The molecule has 0 aliphatic carbocycles. The molecule has 0 bridgehead atoms. The van der Waals surface area contributed by atoms with Crippen LogP contribution in [0.15, 0.2) is 42.7 Å². The predicted molar refractivity (Wildman–Crippen MR) is 67.6 cm³/mol. The topological polar surface area (TPSA) is 38.1 Å². The highest BCUT2D eigenvalue weighted by atomic mass is 16.3. The van der Waals surface area contributed by atoms with Crippen LogP contribution in [0.5, 0.6) is 0 Å². The lowest BCUT2D eigenvalue weighted by Crippen LogP contribution is -2.30. The standard InChI is InChI=1S/C14H18N2O/c1-3-9-14(17,12-7-5-4-6-8-12)13-15-10-11-16(13)2/h4-8,10-11,17H,3,9H2,1-2H3. The Morgan fingerprint density at radius 3 is 2.53 bits per heavy atom. The van der Waals surface area contributed by atoms with Crippen molar-refractivity contribution in [1.82, 2.24) is 9.55 Å². The van der Waals surface area contributed by atoms with Crippen LogP contribution in [-0.4, -0.2) is 14.7 Å². The molecule has 1 heterocycles. The number of aryl methyl sites for hydroxylation is 1. The third-order valence-electron chi connectivity index (χ3n) is 3.05. The van der Waals surface area contributed by atoms with Crippen LogP contribution in [0.4, 0.5) is 0 Å². The van der Waals surface area contributed by atoms with Gasteiger partial charge in [0.1, 0.15) is 11.4 Å². The minimum Gasteiger partial charge on any atom is -0.377 e. The van der Waals surface area contributed by atoms with Gasteiger partial charge in [-0.05, 0) is 12.0 Å². The lowest BCUT2D eigenvalue weighted by molar-refractivity contribution is 0.0580. The highest BCUT2D eigenvalue weighted by molar-refractivity contribution is 5.29. The fourth-order valence-corrected chi connectivity index (χ4v) is 2.23. The highest BCUT2D eigenvalue weighted by Crippen LogP contribution is 2.32. The first-order chi connectivity index (χ1) is 8.18. The first-order valence-corrected chi connectivity index (χ1v) is 5.94. The summed E-state index contributed by atoms with van der Waals surface area (Å²) in [6.07, 6.45) is 5.15. The second-order valence-corrected chi connectivity index (χ2v) is 4.34. The van der Waals surface area contributed by atoms with E-state index in [0.29, 0.717) is 12.2 Å². The van der Waals surface area contributed by atoms with E-state index in [2.05, 4.69) is 11.9 Å². The summed E-state index contributed by atoms with van der Waals surface area (Å²) < 4.78 is 1.88. The van der Waals surface area contributed by atoms with Gasteiger partial charge in [-0.15, -0.1) is 0 Å². The van der Waals surface area contributed by atoms with Gasteiger partial charge in [0.15, 0.2) is 0 Å². The van der Waals surface area contributed by atoms with Crippen LogP contribution in [0.3, 0.4) is 0 Å². The molecule has 1 unspecified atom stereocenters. The van der Waals surface area contributed by atoms with Crippen LogP contribution in [0.1, 0.15) is 31.2 Å². The summed E-state index contributed by atoms with van der Waals surface area (Å²) in [4.78, 5) is 4.30. The lowest BCUT2D eigenvalue weighted by Gasteiger charge is -2.27. The Kier molecular flexibility index (Phi) is 3.29. The van der Waals surface area contributed by atoms with Crippen molar-refractivity contribution in [2.75, 3.05) is 0 Å². The number of rotatable bonds is 4. The zero-order valence-corrected chi connectivity index (χ0v) is 10.3. The van der Waals surface area contributed by atoms with Gasteiger partial charge in [0.25, 0.3) is 0 Å². The minimum absolute atomic E-state index is 0.669. The van der Waals surface area contributed by atoms with Crippen LogP contribution < -0.4 is 0 Å². The van der Waals surface area contributed by atoms with E-state index in [1.807, 2.05) is 48.1 Å². The molecule has 0 fully saturated rings. The van der Waals surface area contributed by atoms with E-state index in [1.54, 1.807) is 6.20 Å². The first kappa shape index (κ1) is 11.9. The van der Waals surface area contributed by atoms with Crippen LogP contribution in [0, 0.1) is 0 Å². The molecule has 0 aliphatic heterocycles. The van der Waals surface area contributed by atoms with E-state index < -0.39 is 5.60 Å². The summed E-state index contributed by atoms with van der Waals surface area (Å²) in [6.45, 7) is 2.07. The molecule has 0 aliphatic rings. The van der Waals surface area contributed by atoms with Crippen LogP contribution >= 0.6 is 0 Å². The van der Waals surface area contributed by atoms with Gasteiger partial charge in [-0.1, -0.05) is 43.7 Å². The van der Waals surface area contributed by atoms with Crippen molar-refractivity contribution < 1.29 is 5.11 Å². The van der Waals surface area contributed by atoms with E-state index in [-0.39, 0.29) is 0 Å². The maximum Gasteiger partial charge on any atom is 0.147 e. The molecule has 17 heavy (non-hydrogen) atoms. The van der Waals surface area contributed by atoms with Gasteiger partial charge < -0.3 is 9.67 Å². The van der Waals surface area contributed by atoms with Gasteiger partial charge in [0, 0.05) is 19.4 Å². The molecule has 3 heteroatoms. The zero-order chi connectivity index (χ0) is 12.3. The molecule has 0 spiro atoms. The molecule has 2 aromatic rings. The molecule has 1 N–H and O–H groups in total. The molecule has 1 atom stereocenters. The Bertz CT molecular complexity index is 478. The van der Waals surface area contributed by atoms with Crippen LogP contribution in [-0.2, 0) is 12.6 Å². The first-order valence-electron chi connectivity index (χ1n) is 5.94. The van der Waals surface area contributed by atoms with Gasteiger partial charge in [-0.3, -0.25) is 0 Å². The van der Waals surface area contributed by atoms with Crippen LogP contribution in [0.25, 0.3) is 0 Å². The molecule has 0 saturated heterocycles. The number of imidazole rings is 1. The Hall–Kier alpha value is -1.61. The molecule has 90 valence electrons. The maximum absolute atomic E-state index is 10.9. The van der Waals surface area contributed by atoms with Gasteiger partial charge in [-0.2, -0.15) is 0 Å². The second-order valence-electron chi connectivity index (χ2n) is 4.34. The minimum atomic E-state index is -0.992. The summed E-state index contributed by atoms with van der Waals surface area (Å²) in [6, 6.07) is 9.74. The van der Waals surface area contributed by atoms with E-state index in [9.17, 15) is 5.11 Å². The lowest BCUT2D eigenvalue weighted by atomic mass is 9.88. The number of aliphatic hydroxyl groups is 1. The highest BCUT2D eigenvalue weighted by Gasteiger charge is 2.34. The molecular weight excluding hydrogens is 212 g/mol. The summed E-state index contributed by atoms with van der Waals surface area (Å²) in [5, 5.41) is 10.9. The third-order valence-corrected chi connectivity index (χ3v) is 3.05. The average Bonchev–Trinajstić information content (AvgIpc) is 2.77. The van der Waals surface area contributed by atoms with Gasteiger partial charge in [-0.25, -0.2) is 4.98 Å². The fourth-order valence-electron chi connectivity index (χ4n) is 2.23. The monoisotopic (exact) mass is 230 g/mol. The summed E-state index contributed by atoms with van der Waals surface area (Å²) >= 11 is 0. The molecule has 1 aromatic heterocycles. The zero-order valence-electron chi connectivity index (χ0n) is 10.3. The van der Waals surface area contributed by atoms with E-state index in [1.165, 1.54) is 0 Å². The SMILES string of the molecule is CCCC(O)(c1ccccc1)c1nccn1C. The van der Waals surface area contributed by atoms with E-state index >= 15 is 0 Å².